The molecule has 1 aliphatic heterocycles. The molecule has 5 heteroatoms. The standard InChI is InChI=1S/C27H22O5/c1-16-20-12-10-17-6-2-4-8-21(17)24(20)25-22-9-5-3-7-18(22)11-13-23(25)27(30)32-15-19(28)14-31-26(16)29/h2-11,13,16,20H,12,14-15H2,1H3. The lowest BCUT2D eigenvalue weighted by molar-refractivity contribution is -0.153. The Labute approximate surface area is 185 Å². The van der Waals surface area contributed by atoms with Crippen LogP contribution in [0.1, 0.15) is 29.3 Å². The highest BCUT2D eigenvalue weighted by Gasteiger charge is 2.34. The van der Waals surface area contributed by atoms with Crippen molar-refractivity contribution in [3.8, 4) is 0 Å². The van der Waals surface area contributed by atoms with E-state index in [1.165, 1.54) is 0 Å². The molecule has 0 bridgehead atoms. The van der Waals surface area contributed by atoms with Gasteiger partial charge >= 0.3 is 11.9 Å². The summed E-state index contributed by atoms with van der Waals surface area (Å²) >= 11 is 0. The number of hydrogen-bond acceptors (Lipinski definition) is 5. The van der Waals surface area contributed by atoms with E-state index >= 15 is 0 Å². The van der Waals surface area contributed by atoms with Crippen molar-refractivity contribution in [3.05, 3.63) is 82.2 Å². The van der Waals surface area contributed by atoms with Crippen molar-refractivity contribution in [3.63, 3.8) is 0 Å². The Morgan fingerprint density at radius 3 is 2.47 bits per heavy atom. The molecule has 32 heavy (non-hydrogen) atoms. The number of hydrogen-bond donors (Lipinski definition) is 0. The number of carbonyl (C=O) groups excluding carboxylic acids is 3. The van der Waals surface area contributed by atoms with Gasteiger partial charge in [-0.15, -0.1) is 0 Å². The predicted octanol–water partition coefficient (Wildman–Crippen LogP) is 2.76. The van der Waals surface area contributed by atoms with Gasteiger partial charge in [0.05, 0.1) is 11.5 Å². The summed E-state index contributed by atoms with van der Waals surface area (Å²) in [6.07, 6.45) is 2.74. The van der Waals surface area contributed by atoms with Crippen LogP contribution in [0.5, 0.6) is 0 Å². The van der Waals surface area contributed by atoms with E-state index < -0.39 is 36.9 Å². The van der Waals surface area contributed by atoms with Gasteiger partial charge in [0.1, 0.15) is 0 Å². The van der Waals surface area contributed by atoms with Crippen molar-refractivity contribution < 1.29 is 23.9 Å². The van der Waals surface area contributed by atoms with Gasteiger partial charge in [-0.25, -0.2) is 4.79 Å². The summed E-state index contributed by atoms with van der Waals surface area (Å²) in [6, 6.07) is 19.5. The molecule has 5 nitrogen and oxygen atoms in total. The van der Waals surface area contributed by atoms with Gasteiger partial charge in [0.25, 0.3) is 0 Å². The van der Waals surface area contributed by atoms with Crippen LogP contribution in [-0.2, 0) is 19.1 Å². The molecule has 2 unspecified atom stereocenters. The molecule has 0 saturated carbocycles. The molecule has 5 rings (SSSR count). The van der Waals surface area contributed by atoms with E-state index in [0.29, 0.717) is 12.0 Å². The van der Waals surface area contributed by atoms with E-state index in [-0.39, 0.29) is 5.92 Å². The molecule has 3 aromatic rings. The van der Waals surface area contributed by atoms with Gasteiger partial charge in [-0.05, 0) is 39.3 Å². The number of rotatable bonds is 0. The lowest BCUT2D eigenvalue weighted by Crippen LogP contribution is -2.38. The Morgan fingerprint density at radius 2 is 1.59 bits per heavy atom. The Morgan fingerprint density at radius 1 is 0.844 bits per heavy atom. The second kappa shape index (κ2) is 8.08. The molecule has 0 aromatic heterocycles. The third-order valence-corrected chi connectivity index (χ3v) is 6.35. The van der Waals surface area contributed by atoms with Gasteiger partial charge in [-0.1, -0.05) is 67.6 Å². The molecule has 0 spiro atoms. The van der Waals surface area contributed by atoms with Crippen molar-refractivity contribution >= 4 is 40.1 Å². The maximum Gasteiger partial charge on any atom is 0.339 e. The quantitative estimate of drug-likeness (QED) is 0.517. The predicted molar refractivity (Wildman–Crippen MR) is 120 cm³/mol. The molecule has 1 heterocycles. The summed E-state index contributed by atoms with van der Waals surface area (Å²) in [6.45, 7) is 0.993. The lowest BCUT2D eigenvalue weighted by Gasteiger charge is -2.29. The van der Waals surface area contributed by atoms with Crippen LogP contribution >= 0.6 is 0 Å². The highest BCUT2D eigenvalue weighted by Crippen LogP contribution is 2.38. The summed E-state index contributed by atoms with van der Waals surface area (Å²) in [5.74, 6) is -2.15. The molecule has 0 saturated heterocycles. The van der Waals surface area contributed by atoms with E-state index in [9.17, 15) is 14.4 Å². The van der Waals surface area contributed by atoms with Gasteiger partial charge in [0.2, 0.25) is 5.78 Å². The van der Waals surface area contributed by atoms with E-state index in [1.807, 2.05) is 61.5 Å². The summed E-state index contributed by atoms with van der Waals surface area (Å²) in [4.78, 5) is 38.1. The minimum atomic E-state index is -0.558. The van der Waals surface area contributed by atoms with Gasteiger partial charge in [0, 0.05) is 11.5 Å². The molecular formula is C27H22O5. The minimum absolute atomic E-state index is 0.218. The van der Waals surface area contributed by atoms with E-state index in [0.717, 1.165) is 32.3 Å². The maximum atomic E-state index is 13.1. The molecule has 0 N–H and O–H groups in total. The molecule has 0 fully saturated rings. The lowest BCUT2D eigenvalue weighted by atomic mass is 9.75. The van der Waals surface area contributed by atoms with Gasteiger partial charge in [-0.3, -0.25) is 9.59 Å². The number of esters is 2. The smallest absolute Gasteiger partial charge is 0.339 e. The Hall–Kier alpha value is -3.73. The van der Waals surface area contributed by atoms with Crippen molar-refractivity contribution in [2.24, 2.45) is 11.8 Å². The number of cyclic esters (lactones) is 2. The zero-order valence-electron chi connectivity index (χ0n) is 17.7. The average molecular weight is 426 g/mol. The third-order valence-electron chi connectivity index (χ3n) is 6.35. The van der Waals surface area contributed by atoms with Crippen molar-refractivity contribution in [1.82, 2.24) is 0 Å². The second-order valence-corrected chi connectivity index (χ2v) is 8.27. The molecule has 3 aromatic carbocycles. The molecule has 2 aliphatic rings. The molecule has 2 atom stereocenters. The molecule has 160 valence electrons. The fourth-order valence-corrected chi connectivity index (χ4v) is 4.71. The van der Waals surface area contributed by atoms with Crippen LogP contribution in [0, 0.1) is 11.8 Å². The Bertz CT molecular complexity index is 1380. The highest BCUT2D eigenvalue weighted by molar-refractivity contribution is 6.06. The van der Waals surface area contributed by atoms with Crippen LogP contribution in [0.25, 0.3) is 22.4 Å². The summed E-state index contributed by atoms with van der Waals surface area (Å²) in [5, 5.41) is 3.94. The number of benzene rings is 3. The molecular weight excluding hydrogens is 404 g/mol. The Kier molecular flexibility index (Phi) is 5.10. The summed E-state index contributed by atoms with van der Waals surface area (Å²) in [5.41, 5.74) is 2.09. The van der Waals surface area contributed by atoms with Crippen LogP contribution in [-0.4, -0.2) is 30.9 Å². The van der Waals surface area contributed by atoms with E-state index in [2.05, 4.69) is 6.08 Å². The van der Waals surface area contributed by atoms with Crippen LogP contribution in [0.4, 0.5) is 0 Å². The monoisotopic (exact) mass is 426 g/mol. The number of Topliss-reactive ketones (excluding diaryl/α,β-unsaturated/α-hetero) is 1. The van der Waals surface area contributed by atoms with Crippen LogP contribution in [0.2, 0.25) is 0 Å². The molecule has 1 aliphatic carbocycles. The minimum Gasteiger partial charge on any atom is -0.457 e. The average Bonchev–Trinajstić information content (AvgIpc) is 2.83. The normalized spacial score (nSPS) is 21.2. The number of carbonyl (C=O) groups is 3. The van der Waals surface area contributed by atoms with Crippen molar-refractivity contribution in [2.75, 3.05) is 13.2 Å². The fourth-order valence-electron chi connectivity index (χ4n) is 4.71. The first-order chi connectivity index (χ1) is 15.5. The zero-order valence-corrected chi connectivity index (χ0v) is 17.7. The van der Waals surface area contributed by atoms with Crippen molar-refractivity contribution in [2.45, 2.75) is 13.3 Å². The van der Waals surface area contributed by atoms with Crippen LogP contribution in [0.15, 0.2) is 60.7 Å². The first-order valence-corrected chi connectivity index (χ1v) is 10.7. The highest BCUT2D eigenvalue weighted by atomic mass is 16.6. The van der Waals surface area contributed by atoms with E-state index in [1.54, 1.807) is 6.07 Å². The van der Waals surface area contributed by atoms with Crippen molar-refractivity contribution in [1.29, 1.82) is 0 Å². The van der Waals surface area contributed by atoms with Gasteiger partial charge in [0.15, 0.2) is 13.2 Å². The third kappa shape index (κ3) is 3.40. The van der Waals surface area contributed by atoms with Gasteiger partial charge in [-0.2, -0.15) is 0 Å². The van der Waals surface area contributed by atoms with Gasteiger partial charge < -0.3 is 9.47 Å². The summed E-state index contributed by atoms with van der Waals surface area (Å²) < 4.78 is 10.6. The molecule has 0 radical (unpaired) electrons. The number of ether oxygens (including phenoxy) is 2. The fraction of sp³-hybridized carbons (Fsp3) is 0.222. The maximum absolute atomic E-state index is 13.1. The topological polar surface area (TPSA) is 69.7 Å². The van der Waals surface area contributed by atoms with E-state index in [4.69, 9.17) is 9.47 Å². The zero-order chi connectivity index (χ0) is 22.2. The SMILES string of the molecule is CC1C(=O)OCC(=O)COC(=O)c2ccc3ccccc3c2C2=c3ccccc3=CCC21. The number of fused-ring (bicyclic) bond motifs is 6. The first-order valence-electron chi connectivity index (χ1n) is 10.7. The van der Waals surface area contributed by atoms with Crippen LogP contribution in [0.3, 0.4) is 0 Å². The van der Waals surface area contributed by atoms with Crippen LogP contribution < -0.4 is 10.4 Å². The first kappa shape index (κ1) is 20.2. The largest absolute Gasteiger partial charge is 0.457 e. The Balaban J connectivity index is 1.90. The molecule has 0 amide bonds. The second-order valence-electron chi connectivity index (χ2n) is 8.27. The summed E-state index contributed by atoms with van der Waals surface area (Å²) in [7, 11) is 0. The number of ketones is 1.